The van der Waals surface area contributed by atoms with Gasteiger partial charge in [-0.05, 0) is 19.1 Å². The van der Waals surface area contributed by atoms with Gasteiger partial charge in [0, 0.05) is 23.4 Å². The molecule has 4 nitrogen and oxygen atoms in total. The maximum Gasteiger partial charge on any atom is 0.357 e. The molecule has 1 aromatic heterocycles. The molecule has 0 amide bonds. The van der Waals surface area contributed by atoms with Crippen molar-refractivity contribution in [2.45, 2.75) is 11.8 Å². The van der Waals surface area contributed by atoms with E-state index in [0.717, 1.165) is 10.0 Å². The SMILES string of the molecule is CCOC(=O)c1csc(/C=C2/Sc3ccccc3N2C)n1. The van der Waals surface area contributed by atoms with Gasteiger partial charge in [-0.25, -0.2) is 9.78 Å². The first-order valence-electron chi connectivity index (χ1n) is 6.54. The molecule has 1 aromatic carbocycles. The minimum absolute atomic E-state index is 0.362. The van der Waals surface area contributed by atoms with Gasteiger partial charge in [-0.2, -0.15) is 0 Å². The number of rotatable bonds is 3. The third kappa shape index (κ3) is 2.82. The number of thiazole rings is 1. The highest BCUT2D eigenvalue weighted by Crippen LogP contribution is 2.45. The van der Waals surface area contributed by atoms with Crippen LogP contribution in [0, 0.1) is 0 Å². The molecule has 108 valence electrons. The van der Waals surface area contributed by atoms with E-state index >= 15 is 0 Å². The highest BCUT2D eigenvalue weighted by Gasteiger charge is 2.21. The minimum atomic E-state index is -0.367. The molecule has 0 radical (unpaired) electrons. The van der Waals surface area contributed by atoms with Crippen LogP contribution >= 0.6 is 23.1 Å². The Morgan fingerprint density at radius 1 is 1.43 bits per heavy atom. The molecule has 0 saturated heterocycles. The van der Waals surface area contributed by atoms with E-state index in [2.05, 4.69) is 22.0 Å². The van der Waals surface area contributed by atoms with Crippen LogP contribution in [0.15, 0.2) is 39.6 Å². The number of aromatic nitrogens is 1. The van der Waals surface area contributed by atoms with Crippen LogP contribution in [-0.4, -0.2) is 24.6 Å². The van der Waals surface area contributed by atoms with Gasteiger partial charge >= 0.3 is 5.97 Å². The molecule has 3 rings (SSSR count). The number of hydrogen-bond acceptors (Lipinski definition) is 6. The highest BCUT2D eigenvalue weighted by molar-refractivity contribution is 8.03. The van der Waals surface area contributed by atoms with E-state index in [-0.39, 0.29) is 5.97 Å². The summed E-state index contributed by atoms with van der Waals surface area (Å²) in [7, 11) is 2.03. The lowest BCUT2D eigenvalue weighted by Crippen LogP contribution is -2.09. The van der Waals surface area contributed by atoms with E-state index in [4.69, 9.17) is 4.74 Å². The van der Waals surface area contributed by atoms with E-state index < -0.39 is 0 Å². The van der Waals surface area contributed by atoms with E-state index in [1.807, 2.05) is 25.3 Å². The first-order valence-corrected chi connectivity index (χ1v) is 8.23. The number of thioether (sulfide) groups is 1. The lowest BCUT2D eigenvalue weighted by Gasteiger charge is -2.12. The van der Waals surface area contributed by atoms with Crippen molar-refractivity contribution in [3.63, 3.8) is 0 Å². The fourth-order valence-corrected chi connectivity index (χ4v) is 3.88. The van der Waals surface area contributed by atoms with Gasteiger partial charge in [0.15, 0.2) is 5.69 Å². The molecule has 0 spiro atoms. The molecule has 1 aliphatic heterocycles. The number of hydrogen-bond donors (Lipinski definition) is 0. The van der Waals surface area contributed by atoms with Gasteiger partial charge in [0.05, 0.1) is 17.3 Å². The average Bonchev–Trinajstić information content (AvgIpc) is 3.06. The topological polar surface area (TPSA) is 42.4 Å². The Bertz CT molecular complexity index is 709. The Hall–Kier alpha value is -1.79. The van der Waals surface area contributed by atoms with E-state index in [9.17, 15) is 4.79 Å². The second kappa shape index (κ2) is 5.91. The Kier molecular flexibility index (Phi) is 3.98. The zero-order chi connectivity index (χ0) is 14.8. The summed E-state index contributed by atoms with van der Waals surface area (Å²) in [6.45, 7) is 2.15. The van der Waals surface area contributed by atoms with Crippen molar-refractivity contribution in [1.29, 1.82) is 0 Å². The van der Waals surface area contributed by atoms with Crippen molar-refractivity contribution in [2.75, 3.05) is 18.6 Å². The summed E-state index contributed by atoms with van der Waals surface area (Å²) in [5.41, 5.74) is 1.56. The van der Waals surface area contributed by atoms with Gasteiger partial charge in [-0.15, -0.1) is 11.3 Å². The van der Waals surface area contributed by atoms with Gasteiger partial charge in [0.1, 0.15) is 5.01 Å². The Morgan fingerprint density at radius 2 is 2.24 bits per heavy atom. The molecule has 0 atom stereocenters. The molecular formula is C15H14N2O2S2. The summed E-state index contributed by atoms with van der Waals surface area (Å²) in [6.07, 6.45) is 2.00. The minimum Gasteiger partial charge on any atom is -0.461 e. The van der Waals surface area contributed by atoms with Crippen molar-refractivity contribution in [3.8, 4) is 0 Å². The molecule has 6 heteroatoms. The van der Waals surface area contributed by atoms with Crippen molar-refractivity contribution in [3.05, 3.63) is 45.4 Å². The number of carbonyl (C=O) groups excluding carboxylic acids is 1. The van der Waals surface area contributed by atoms with E-state index in [0.29, 0.717) is 12.3 Å². The standard InChI is InChI=1S/C15H14N2O2S2/c1-3-19-15(18)10-9-20-13(16-10)8-14-17(2)11-6-4-5-7-12(11)21-14/h4-9H,3H2,1-2H3/b14-8+. The largest absolute Gasteiger partial charge is 0.461 e. The zero-order valence-corrected chi connectivity index (χ0v) is 13.3. The molecule has 0 saturated carbocycles. The molecule has 0 fully saturated rings. The van der Waals surface area contributed by atoms with Crippen LogP contribution in [0.2, 0.25) is 0 Å². The summed E-state index contributed by atoms with van der Waals surface area (Å²) in [5.74, 6) is -0.367. The number of carbonyl (C=O) groups is 1. The molecule has 0 N–H and O–H groups in total. The van der Waals surface area contributed by atoms with E-state index in [1.54, 1.807) is 24.1 Å². The first kappa shape index (κ1) is 14.2. The summed E-state index contributed by atoms with van der Waals surface area (Å²) >= 11 is 3.15. The van der Waals surface area contributed by atoms with Crippen LogP contribution in [0.5, 0.6) is 0 Å². The molecule has 0 unspecified atom stereocenters. The number of para-hydroxylation sites is 1. The molecule has 2 heterocycles. The zero-order valence-electron chi connectivity index (χ0n) is 11.7. The fraction of sp³-hybridized carbons (Fsp3) is 0.200. The van der Waals surface area contributed by atoms with Gasteiger partial charge < -0.3 is 9.64 Å². The first-order chi connectivity index (χ1) is 10.2. The third-order valence-corrected chi connectivity index (χ3v) is 4.98. The van der Waals surface area contributed by atoms with E-state index in [1.165, 1.54) is 21.9 Å². The summed E-state index contributed by atoms with van der Waals surface area (Å²) in [6, 6.07) is 8.25. The molecule has 0 bridgehead atoms. The Morgan fingerprint density at radius 3 is 3.00 bits per heavy atom. The lowest BCUT2D eigenvalue weighted by atomic mass is 10.3. The maximum atomic E-state index is 11.6. The number of anilines is 1. The van der Waals surface area contributed by atoms with Crippen molar-refractivity contribution in [1.82, 2.24) is 4.98 Å². The van der Waals surface area contributed by atoms with Crippen LogP contribution in [0.3, 0.4) is 0 Å². The molecule has 21 heavy (non-hydrogen) atoms. The molecule has 2 aromatic rings. The smallest absolute Gasteiger partial charge is 0.357 e. The number of benzene rings is 1. The number of fused-ring (bicyclic) bond motifs is 1. The fourth-order valence-electron chi connectivity index (χ4n) is 2.01. The second-order valence-electron chi connectivity index (χ2n) is 4.40. The molecular weight excluding hydrogens is 304 g/mol. The second-order valence-corrected chi connectivity index (χ2v) is 6.35. The van der Waals surface area contributed by atoms with Gasteiger partial charge in [-0.3, -0.25) is 0 Å². The average molecular weight is 318 g/mol. The van der Waals surface area contributed by atoms with Gasteiger partial charge in [0.25, 0.3) is 0 Å². The van der Waals surface area contributed by atoms with Crippen LogP contribution in [0.4, 0.5) is 5.69 Å². The molecule has 0 aliphatic carbocycles. The van der Waals surface area contributed by atoms with Crippen molar-refractivity contribution < 1.29 is 9.53 Å². The number of ether oxygens (including phenoxy) is 1. The number of nitrogens with zero attached hydrogens (tertiary/aromatic N) is 2. The Labute approximate surface area is 131 Å². The van der Waals surface area contributed by atoms with Crippen molar-refractivity contribution >= 4 is 40.8 Å². The molecule has 1 aliphatic rings. The van der Waals surface area contributed by atoms with Gasteiger partial charge in [-0.1, -0.05) is 23.9 Å². The maximum absolute atomic E-state index is 11.6. The van der Waals surface area contributed by atoms with Crippen LogP contribution in [-0.2, 0) is 4.74 Å². The van der Waals surface area contributed by atoms with Gasteiger partial charge in [0.2, 0.25) is 0 Å². The predicted octanol–water partition coefficient (Wildman–Crippen LogP) is 3.86. The highest BCUT2D eigenvalue weighted by atomic mass is 32.2. The van der Waals surface area contributed by atoms with Crippen molar-refractivity contribution in [2.24, 2.45) is 0 Å². The van der Waals surface area contributed by atoms with Crippen LogP contribution in [0.25, 0.3) is 6.08 Å². The predicted molar refractivity (Wildman–Crippen MR) is 86.7 cm³/mol. The summed E-state index contributed by atoms with van der Waals surface area (Å²) in [4.78, 5) is 19.3. The third-order valence-electron chi connectivity index (χ3n) is 3.03. The Balaban J connectivity index is 1.83. The summed E-state index contributed by atoms with van der Waals surface area (Å²) in [5, 5.41) is 3.64. The summed E-state index contributed by atoms with van der Waals surface area (Å²) < 4.78 is 4.95. The monoisotopic (exact) mass is 318 g/mol. The number of esters is 1. The van der Waals surface area contributed by atoms with Crippen LogP contribution in [0.1, 0.15) is 22.4 Å². The quantitative estimate of drug-likeness (QED) is 0.804. The normalized spacial score (nSPS) is 15.3. The van der Waals surface area contributed by atoms with Crippen LogP contribution < -0.4 is 4.90 Å². The lowest BCUT2D eigenvalue weighted by molar-refractivity contribution is 0.0520.